The molecule has 0 bridgehead atoms. The molecule has 3 rings (SSSR count). The van der Waals surface area contributed by atoms with Crippen molar-refractivity contribution in [2.75, 3.05) is 7.11 Å². The first-order chi connectivity index (χ1) is 11.9. The molecule has 1 fully saturated rings. The normalized spacial score (nSPS) is 21.3. The second-order valence-electron chi connectivity index (χ2n) is 6.35. The zero-order valence-corrected chi connectivity index (χ0v) is 15.5. The molecule has 136 valence electrons. The van der Waals surface area contributed by atoms with Gasteiger partial charge in [-0.2, -0.15) is 13.2 Å². The van der Waals surface area contributed by atoms with E-state index >= 15 is 0 Å². The lowest BCUT2D eigenvalue weighted by atomic mass is 9.88. The first kappa shape index (κ1) is 18.3. The first-order valence-corrected chi connectivity index (χ1v) is 9.20. The fourth-order valence-corrected chi connectivity index (χ4v) is 3.95. The standard InChI is InChI=1S/C18H20BrF3N2O/c1-25-15-5-3-2-4-13(15)11-24-16(18(20,21)22)10-23-17(24)12-6-8-14(19)9-7-12/h2-5,10,12,14H,6-9,11H2,1H3. The monoisotopic (exact) mass is 416 g/mol. The maximum Gasteiger partial charge on any atom is 0.433 e. The van der Waals surface area contributed by atoms with E-state index in [1.807, 2.05) is 0 Å². The number of halogens is 4. The average Bonchev–Trinajstić information content (AvgIpc) is 3.00. The summed E-state index contributed by atoms with van der Waals surface area (Å²) in [5.74, 6) is 1.16. The molecule has 3 nitrogen and oxygen atoms in total. The molecule has 0 spiro atoms. The number of nitrogens with zero attached hydrogens (tertiary/aromatic N) is 2. The third-order valence-corrected chi connectivity index (χ3v) is 5.64. The third-order valence-electron chi connectivity index (χ3n) is 4.72. The highest BCUT2D eigenvalue weighted by molar-refractivity contribution is 9.09. The number of para-hydroxylation sites is 1. The van der Waals surface area contributed by atoms with E-state index in [-0.39, 0.29) is 12.5 Å². The summed E-state index contributed by atoms with van der Waals surface area (Å²) in [7, 11) is 1.52. The molecule has 0 aliphatic heterocycles. The Balaban J connectivity index is 1.98. The molecule has 0 N–H and O–H groups in total. The molecule has 2 aromatic rings. The molecule has 1 aliphatic carbocycles. The number of rotatable bonds is 4. The molecule has 0 amide bonds. The van der Waals surface area contributed by atoms with Crippen molar-refractivity contribution in [2.24, 2.45) is 0 Å². The Bertz CT molecular complexity index is 721. The van der Waals surface area contributed by atoms with Crippen molar-refractivity contribution in [1.29, 1.82) is 0 Å². The van der Waals surface area contributed by atoms with Gasteiger partial charge in [0.2, 0.25) is 0 Å². The quantitative estimate of drug-likeness (QED) is 0.625. The van der Waals surface area contributed by atoms with Crippen LogP contribution in [0.3, 0.4) is 0 Å². The highest BCUT2D eigenvalue weighted by Crippen LogP contribution is 2.38. The Morgan fingerprint density at radius 2 is 1.88 bits per heavy atom. The Morgan fingerprint density at radius 1 is 1.20 bits per heavy atom. The van der Waals surface area contributed by atoms with E-state index in [4.69, 9.17) is 4.74 Å². The van der Waals surface area contributed by atoms with Crippen LogP contribution >= 0.6 is 15.9 Å². The van der Waals surface area contributed by atoms with E-state index in [9.17, 15) is 13.2 Å². The smallest absolute Gasteiger partial charge is 0.433 e. The van der Waals surface area contributed by atoms with Crippen LogP contribution < -0.4 is 4.74 Å². The summed E-state index contributed by atoms with van der Waals surface area (Å²) in [5, 5.41) is 0. The Morgan fingerprint density at radius 3 is 2.52 bits per heavy atom. The molecular weight excluding hydrogens is 397 g/mol. The maximum atomic E-state index is 13.5. The summed E-state index contributed by atoms with van der Waals surface area (Å²) in [4.78, 5) is 4.62. The molecule has 1 aromatic heterocycles. The second kappa shape index (κ2) is 7.40. The van der Waals surface area contributed by atoms with Gasteiger partial charge in [0.25, 0.3) is 0 Å². The molecule has 7 heteroatoms. The van der Waals surface area contributed by atoms with E-state index in [1.165, 1.54) is 11.7 Å². The van der Waals surface area contributed by atoms with Gasteiger partial charge in [0.15, 0.2) is 0 Å². The van der Waals surface area contributed by atoms with Crippen LogP contribution in [-0.2, 0) is 12.7 Å². The molecule has 1 heterocycles. The molecule has 25 heavy (non-hydrogen) atoms. The van der Waals surface area contributed by atoms with Crippen molar-refractivity contribution in [3.63, 3.8) is 0 Å². The molecule has 1 saturated carbocycles. The lowest BCUT2D eigenvalue weighted by Gasteiger charge is -2.26. The molecule has 0 atom stereocenters. The van der Waals surface area contributed by atoms with Crippen molar-refractivity contribution in [3.8, 4) is 5.75 Å². The van der Waals surface area contributed by atoms with E-state index in [1.54, 1.807) is 24.3 Å². The minimum atomic E-state index is -4.43. The number of alkyl halides is 4. The van der Waals surface area contributed by atoms with Crippen LogP contribution in [0.25, 0.3) is 0 Å². The largest absolute Gasteiger partial charge is 0.496 e. The lowest BCUT2D eigenvalue weighted by Crippen LogP contribution is -2.21. The van der Waals surface area contributed by atoms with Crippen molar-refractivity contribution in [2.45, 2.75) is 49.1 Å². The van der Waals surface area contributed by atoms with Crippen molar-refractivity contribution >= 4 is 15.9 Å². The predicted octanol–water partition coefficient (Wildman–Crippen LogP) is 5.38. The average molecular weight is 417 g/mol. The fourth-order valence-electron chi connectivity index (χ4n) is 3.42. The summed E-state index contributed by atoms with van der Waals surface area (Å²) in [6.45, 7) is 0.0996. The van der Waals surface area contributed by atoms with Crippen LogP contribution in [0.1, 0.15) is 48.7 Å². The summed E-state index contributed by atoms with van der Waals surface area (Å²) >= 11 is 3.59. The number of aromatic nitrogens is 2. The minimum Gasteiger partial charge on any atom is -0.496 e. The zero-order chi connectivity index (χ0) is 18.0. The highest BCUT2D eigenvalue weighted by Gasteiger charge is 2.37. The highest BCUT2D eigenvalue weighted by atomic mass is 79.9. The van der Waals surface area contributed by atoms with Gasteiger partial charge in [-0.15, -0.1) is 0 Å². The molecule has 1 aromatic carbocycles. The molecule has 0 radical (unpaired) electrons. The van der Waals surface area contributed by atoms with E-state index < -0.39 is 11.9 Å². The molecule has 0 unspecified atom stereocenters. The van der Waals surface area contributed by atoms with Gasteiger partial charge in [0.05, 0.1) is 19.9 Å². The van der Waals surface area contributed by atoms with Crippen LogP contribution in [0.15, 0.2) is 30.5 Å². The molecular formula is C18H20BrF3N2O. The van der Waals surface area contributed by atoms with Crippen LogP contribution in [0.2, 0.25) is 0 Å². The molecule has 1 aliphatic rings. The third kappa shape index (κ3) is 4.02. The minimum absolute atomic E-state index is 0.0552. The van der Waals surface area contributed by atoms with Crippen molar-refractivity contribution in [1.82, 2.24) is 9.55 Å². The van der Waals surface area contributed by atoms with Crippen LogP contribution in [-0.4, -0.2) is 21.5 Å². The van der Waals surface area contributed by atoms with Gasteiger partial charge in [-0.25, -0.2) is 4.98 Å². The Kier molecular flexibility index (Phi) is 5.41. The summed E-state index contributed by atoms with van der Waals surface area (Å²) in [6, 6.07) is 7.16. The van der Waals surface area contributed by atoms with Crippen LogP contribution in [0.4, 0.5) is 13.2 Å². The van der Waals surface area contributed by atoms with Gasteiger partial charge >= 0.3 is 6.18 Å². The van der Waals surface area contributed by atoms with Crippen molar-refractivity contribution < 1.29 is 17.9 Å². The van der Waals surface area contributed by atoms with Crippen LogP contribution in [0, 0.1) is 0 Å². The zero-order valence-electron chi connectivity index (χ0n) is 13.9. The Labute approximate surface area is 153 Å². The molecule has 0 saturated heterocycles. The number of imidazole rings is 1. The van der Waals surface area contributed by atoms with Gasteiger partial charge in [0.1, 0.15) is 17.3 Å². The van der Waals surface area contributed by atoms with Crippen molar-refractivity contribution in [3.05, 3.63) is 47.5 Å². The number of hydrogen-bond acceptors (Lipinski definition) is 2. The van der Waals surface area contributed by atoms with Gasteiger partial charge in [-0.05, 0) is 31.7 Å². The number of benzene rings is 1. The van der Waals surface area contributed by atoms with E-state index in [2.05, 4.69) is 20.9 Å². The van der Waals surface area contributed by atoms with Gasteiger partial charge < -0.3 is 9.30 Å². The predicted molar refractivity (Wildman–Crippen MR) is 93.2 cm³/mol. The van der Waals surface area contributed by atoms with E-state index in [0.29, 0.717) is 22.0 Å². The summed E-state index contributed by atoms with van der Waals surface area (Å²) < 4.78 is 47.0. The van der Waals surface area contributed by atoms with E-state index in [0.717, 1.165) is 31.9 Å². The Hall–Kier alpha value is -1.50. The first-order valence-electron chi connectivity index (χ1n) is 8.28. The second-order valence-corrected chi connectivity index (χ2v) is 7.64. The summed E-state index contributed by atoms with van der Waals surface area (Å²) in [6.07, 6.45) is 0.123. The van der Waals surface area contributed by atoms with Gasteiger partial charge in [0, 0.05) is 16.3 Å². The van der Waals surface area contributed by atoms with Gasteiger partial charge in [-0.1, -0.05) is 34.1 Å². The topological polar surface area (TPSA) is 27.1 Å². The van der Waals surface area contributed by atoms with Crippen LogP contribution in [0.5, 0.6) is 5.75 Å². The van der Waals surface area contributed by atoms with Gasteiger partial charge in [-0.3, -0.25) is 0 Å². The maximum absolute atomic E-state index is 13.5. The number of methoxy groups -OCH3 is 1. The summed E-state index contributed by atoms with van der Waals surface area (Å²) in [5.41, 5.74) is 0.0123. The fraction of sp³-hybridized carbons (Fsp3) is 0.500. The lowest BCUT2D eigenvalue weighted by molar-refractivity contribution is -0.143. The SMILES string of the molecule is COc1ccccc1Cn1c(C(F)(F)F)cnc1C1CCC(Br)CC1. The number of ether oxygens (including phenoxy) is 1. The number of hydrogen-bond donors (Lipinski definition) is 0.